The average molecular weight is 308 g/mol. The van der Waals surface area contributed by atoms with E-state index in [4.69, 9.17) is 11.5 Å². The second-order valence-corrected chi connectivity index (χ2v) is 6.43. The van der Waals surface area contributed by atoms with Crippen LogP contribution in [0.4, 0.5) is 5.69 Å². The molecule has 0 aliphatic heterocycles. The number of aromatic nitrogens is 1. The summed E-state index contributed by atoms with van der Waals surface area (Å²) < 4.78 is 27.2. The van der Waals surface area contributed by atoms with Gasteiger partial charge in [0.05, 0.1) is 5.52 Å². The van der Waals surface area contributed by atoms with Gasteiger partial charge in [0, 0.05) is 29.7 Å². The van der Waals surface area contributed by atoms with E-state index in [9.17, 15) is 13.2 Å². The molecule has 112 valence electrons. The highest BCUT2D eigenvalue weighted by Gasteiger charge is 2.22. The zero-order chi connectivity index (χ0) is 15.6. The van der Waals surface area contributed by atoms with Crippen molar-refractivity contribution < 1.29 is 13.2 Å². The number of nitrogens with zero attached hydrogens (tertiary/aromatic N) is 1. The van der Waals surface area contributed by atoms with Crippen LogP contribution in [0.25, 0.3) is 10.9 Å². The molecule has 0 aliphatic rings. The van der Waals surface area contributed by atoms with Gasteiger partial charge in [-0.1, -0.05) is 0 Å². The van der Waals surface area contributed by atoms with Crippen molar-refractivity contribution in [3.05, 3.63) is 30.5 Å². The van der Waals surface area contributed by atoms with Gasteiger partial charge in [0.2, 0.25) is 15.9 Å². The van der Waals surface area contributed by atoms with Crippen LogP contribution in [0.5, 0.6) is 0 Å². The Bertz CT molecular complexity index is 789. The Kier molecular flexibility index (Phi) is 4.10. The van der Waals surface area contributed by atoms with Gasteiger partial charge < -0.3 is 11.5 Å². The van der Waals surface area contributed by atoms with E-state index in [0.717, 1.165) is 0 Å². The van der Waals surface area contributed by atoms with Gasteiger partial charge in [-0.3, -0.25) is 9.78 Å². The Morgan fingerprint density at radius 3 is 2.76 bits per heavy atom. The van der Waals surface area contributed by atoms with Gasteiger partial charge in [-0.2, -0.15) is 0 Å². The number of primary amides is 1. The van der Waals surface area contributed by atoms with Crippen LogP contribution in [0.3, 0.4) is 0 Å². The SMILES string of the molecule is CC(CC(N)=O)NS(=O)(=O)c1ccc(N)c2cccnc12. The molecule has 0 radical (unpaired) electrons. The summed E-state index contributed by atoms with van der Waals surface area (Å²) in [6.45, 7) is 1.56. The van der Waals surface area contributed by atoms with Crippen LogP contribution in [0.2, 0.25) is 0 Å². The number of benzene rings is 1. The van der Waals surface area contributed by atoms with Crippen LogP contribution in [0.1, 0.15) is 13.3 Å². The van der Waals surface area contributed by atoms with Crippen LogP contribution in [-0.4, -0.2) is 25.4 Å². The van der Waals surface area contributed by atoms with Crippen molar-refractivity contribution in [3.63, 3.8) is 0 Å². The van der Waals surface area contributed by atoms with Crippen molar-refractivity contribution in [2.24, 2.45) is 5.73 Å². The Morgan fingerprint density at radius 1 is 1.38 bits per heavy atom. The topological polar surface area (TPSA) is 128 Å². The fourth-order valence-corrected chi connectivity index (χ4v) is 3.46. The van der Waals surface area contributed by atoms with Crippen LogP contribution in [0, 0.1) is 0 Å². The number of rotatable bonds is 5. The molecule has 8 heteroatoms. The number of pyridine rings is 1. The highest BCUT2D eigenvalue weighted by molar-refractivity contribution is 7.89. The minimum atomic E-state index is -3.82. The number of anilines is 1. The molecule has 1 unspecified atom stereocenters. The summed E-state index contributed by atoms with van der Waals surface area (Å²) in [6, 6.07) is 5.67. The Morgan fingerprint density at radius 2 is 2.10 bits per heavy atom. The first-order valence-electron chi connectivity index (χ1n) is 6.25. The molecule has 1 heterocycles. The van der Waals surface area contributed by atoms with E-state index in [2.05, 4.69) is 9.71 Å². The first-order valence-corrected chi connectivity index (χ1v) is 7.73. The molecule has 1 atom stereocenters. The van der Waals surface area contributed by atoms with Gasteiger partial charge in [0.15, 0.2) is 0 Å². The first kappa shape index (κ1) is 15.2. The number of sulfonamides is 1. The summed E-state index contributed by atoms with van der Waals surface area (Å²) >= 11 is 0. The fourth-order valence-electron chi connectivity index (χ4n) is 2.06. The molecule has 1 amide bonds. The number of nitrogens with two attached hydrogens (primary N) is 2. The molecule has 0 saturated heterocycles. The highest BCUT2D eigenvalue weighted by atomic mass is 32.2. The molecular weight excluding hydrogens is 292 g/mol. The molecule has 7 nitrogen and oxygen atoms in total. The molecule has 0 saturated carbocycles. The van der Waals surface area contributed by atoms with Crippen LogP contribution in [-0.2, 0) is 14.8 Å². The lowest BCUT2D eigenvalue weighted by Gasteiger charge is -2.14. The minimum Gasteiger partial charge on any atom is -0.398 e. The van der Waals surface area contributed by atoms with Crippen molar-refractivity contribution >= 4 is 32.5 Å². The van der Waals surface area contributed by atoms with Gasteiger partial charge in [0.1, 0.15) is 4.90 Å². The van der Waals surface area contributed by atoms with Crippen LogP contribution in [0.15, 0.2) is 35.4 Å². The van der Waals surface area contributed by atoms with E-state index in [1.54, 1.807) is 19.1 Å². The summed E-state index contributed by atoms with van der Waals surface area (Å²) in [5.74, 6) is -0.578. The number of carbonyl (C=O) groups is 1. The van der Waals surface area contributed by atoms with E-state index < -0.39 is 22.0 Å². The standard InChI is InChI=1S/C13H16N4O3S/c1-8(7-12(15)18)17-21(19,20)11-5-4-10(14)9-3-2-6-16-13(9)11/h2-6,8,17H,7,14H2,1H3,(H2,15,18). The zero-order valence-electron chi connectivity index (χ0n) is 11.4. The van der Waals surface area contributed by atoms with Crippen LogP contribution >= 0.6 is 0 Å². The van der Waals surface area contributed by atoms with Gasteiger partial charge in [0.25, 0.3) is 0 Å². The van der Waals surface area contributed by atoms with Crippen molar-refractivity contribution in [1.29, 1.82) is 0 Å². The number of hydrogen-bond acceptors (Lipinski definition) is 5. The smallest absolute Gasteiger partial charge is 0.242 e. The third kappa shape index (κ3) is 3.29. The van der Waals surface area contributed by atoms with E-state index in [-0.39, 0.29) is 16.8 Å². The molecule has 0 fully saturated rings. The molecule has 1 aromatic carbocycles. The Labute approximate surface area is 122 Å². The lowest BCUT2D eigenvalue weighted by atomic mass is 10.2. The van der Waals surface area contributed by atoms with E-state index in [1.807, 2.05) is 0 Å². The zero-order valence-corrected chi connectivity index (χ0v) is 12.2. The number of hydrogen-bond donors (Lipinski definition) is 3. The number of carbonyl (C=O) groups excluding carboxylic acids is 1. The molecule has 0 bridgehead atoms. The molecule has 0 spiro atoms. The van der Waals surface area contributed by atoms with Gasteiger partial charge in [-0.25, -0.2) is 13.1 Å². The quantitative estimate of drug-likeness (QED) is 0.687. The van der Waals surface area contributed by atoms with E-state index in [1.165, 1.54) is 18.3 Å². The largest absolute Gasteiger partial charge is 0.398 e. The van der Waals surface area contributed by atoms with Crippen molar-refractivity contribution in [1.82, 2.24) is 9.71 Å². The summed E-state index contributed by atoms with van der Waals surface area (Å²) in [5.41, 5.74) is 11.6. The van der Waals surface area contributed by atoms with E-state index in [0.29, 0.717) is 11.1 Å². The second kappa shape index (κ2) is 5.66. The molecule has 1 aromatic heterocycles. The van der Waals surface area contributed by atoms with E-state index >= 15 is 0 Å². The fraction of sp³-hybridized carbons (Fsp3) is 0.231. The van der Waals surface area contributed by atoms with Gasteiger partial charge >= 0.3 is 0 Å². The first-order chi connectivity index (χ1) is 9.81. The van der Waals surface area contributed by atoms with Gasteiger partial charge in [-0.15, -0.1) is 0 Å². The summed E-state index contributed by atoms with van der Waals surface area (Å²) in [4.78, 5) is 15.0. The predicted octanol–water partition coefficient (Wildman–Crippen LogP) is 0.359. The number of nitrogen functional groups attached to an aromatic ring is 1. The van der Waals surface area contributed by atoms with Crippen molar-refractivity contribution in [2.45, 2.75) is 24.3 Å². The van der Waals surface area contributed by atoms with Crippen molar-refractivity contribution in [2.75, 3.05) is 5.73 Å². The lowest BCUT2D eigenvalue weighted by molar-refractivity contribution is -0.118. The van der Waals surface area contributed by atoms with Crippen molar-refractivity contribution in [3.8, 4) is 0 Å². The second-order valence-electron chi connectivity index (χ2n) is 4.75. The molecule has 21 heavy (non-hydrogen) atoms. The molecule has 5 N–H and O–H groups in total. The lowest BCUT2D eigenvalue weighted by Crippen LogP contribution is -2.35. The average Bonchev–Trinajstić information content (AvgIpc) is 2.37. The summed E-state index contributed by atoms with van der Waals surface area (Å²) in [5, 5.41) is 0.558. The van der Waals surface area contributed by atoms with Gasteiger partial charge in [-0.05, 0) is 31.2 Å². The minimum absolute atomic E-state index is 0.0172. The molecule has 0 aliphatic carbocycles. The monoisotopic (exact) mass is 308 g/mol. The summed E-state index contributed by atoms with van der Waals surface area (Å²) in [7, 11) is -3.82. The Balaban J connectivity index is 2.46. The number of nitrogens with one attached hydrogen (secondary N) is 1. The normalized spacial score (nSPS) is 13.2. The number of amides is 1. The summed E-state index contributed by atoms with van der Waals surface area (Å²) in [6.07, 6.45) is 1.41. The third-order valence-electron chi connectivity index (χ3n) is 2.92. The maximum absolute atomic E-state index is 12.4. The maximum Gasteiger partial charge on any atom is 0.242 e. The molecular formula is C13H16N4O3S. The van der Waals surface area contributed by atoms with Crippen LogP contribution < -0.4 is 16.2 Å². The Hall–Kier alpha value is -2.19. The molecule has 2 rings (SSSR count). The third-order valence-corrected chi connectivity index (χ3v) is 4.54. The maximum atomic E-state index is 12.4. The highest BCUT2D eigenvalue weighted by Crippen LogP contribution is 2.25. The number of fused-ring (bicyclic) bond motifs is 1. The predicted molar refractivity (Wildman–Crippen MR) is 79.8 cm³/mol. The molecule has 2 aromatic rings.